The van der Waals surface area contributed by atoms with Crippen molar-refractivity contribution >= 4 is 11.7 Å². The molecule has 0 radical (unpaired) electrons. The van der Waals surface area contributed by atoms with Crippen molar-refractivity contribution in [1.29, 1.82) is 0 Å². The van der Waals surface area contributed by atoms with Crippen LogP contribution in [0.25, 0.3) is 11.1 Å². The fourth-order valence-corrected chi connectivity index (χ4v) is 4.13. The molecule has 1 aromatic carbocycles. The normalized spacial score (nSPS) is 17.2. The van der Waals surface area contributed by atoms with E-state index in [0.717, 1.165) is 18.9 Å². The van der Waals surface area contributed by atoms with E-state index in [0.29, 0.717) is 30.5 Å². The van der Waals surface area contributed by atoms with Crippen molar-refractivity contribution in [3.8, 4) is 11.1 Å². The number of benzene rings is 1. The minimum absolute atomic E-state index is 0.0865. The van der Waals surface area contributed by atoms with Crippen LogP contribution in [0.2, 0.25) is 0 Å². The second kappa shape index (κ2) is 8.97. The molecule has 0 amide bonds. The molecule has 1 aliphatic rings. The quantitative estimate of drug-likeness (QED) is 0.547. The number of hydrogen-bond acceptors (Lipinski definition) is 4. The lowest BCUT2D eigenvalue weighted by Crippen LogP contribution is -2.39. The first-order valence-corrected chi connectivity index (χ1v) is 11.0. The van der Waals surface area contributed by atoms with Gasteiger partial charge in [0.25, 0.3) is 0 Å². The highest BCUT2D eigenvalue weighted by atomic mass is 19.2. The fraction of sp³-hybridized carbons (Fsp3) is 0.520. The predicted molar refractivity (Wildman–Crippen MR) is 121 cm³/mol. The number of nitrogens with zero attached hydrogens (tertiary/aromatic N) is 2. The number of piperidine rings is 1. The Kier molecular flexibility index (Phi) is 6.80. The maximum atomic E-state index is 14.9. The summed E-state index contributed by atoms with van der Waals surface area (Å²) < 4.78 is 49.0. The molecule has 1 aliphatic heterocycles. The summed E-state index contributed by atoms with van der Waals surface area (Å²) in [7, 11) is 0. The van der Waals surface area contributed by atoms with Gasteiger partial charge in [0, 0.05) is 47.7 Å². The summed E-state index contributed by atoms with van der Waals surface area (Å²) in [6.07, 6.45) is 1.57. The molecule has 0 spiro atoms. The van der Waals surface area contributed by atoms with Gasteiger partial charge in [-0.05, 0) is 52.0 Å². The average Bonchev–Trinajstić information content (AvgIpc) is 2.68. The predicted octanol–water partition coefficient (Wildman–Crippen LogP) is 6.04. The van der Waals surface area contributed by atoms with Crippen molar-refractivity contribution in [3.05, 3.63) is 47.0 Å². The largest absolute Gasteiger partial charge is 0.479 e. The Labute approximate surface area is 192 Å². The number of aryl methyl sites for hydroxylation is 1. The fourth-order valence-electron chi connectivity index (χ4n) is 4.13. The van der Waals surface area contributed by atoms with Crippen LogP contribution in [0.1, 0.15) is 64.8 Å². The Morgan fingerprint density at radius 3 is 2.30 bits per heavy atom. The zero-order chi connectivity index (χ0) is 24.7. The molecule has 1 fully saturated rings. The van der Waals surface area contributed by atoms with E-state index in [1.807, 2.05) is 4.90 Å². The molecular formula is C25H31F3N2O3. The minimum atomic E-state index is -1.40. The monoisotopic (exact) mass is 464 g/mol. The maximum Gasteiger partial charge on any atom is 0.337 e. The van der Waals surface area contributed by atoms with Crippen molar-refractivity contribution in [2.45, 2.75) is 66.1 Å². The number of carboxylic acid groups (broad SMARTS) is 1. The van der Waals surface area contributed by atoms with Gasteiger partial charge < -0.3 is 14.7 Å². The van der Waals surface area contributed by atoms with Crippen molar-refractivity contribution in [2.24, 2.45) is 5.41 Å². The summed E-state index contributed by atoms with van der Waals surface area (Å²) >= 11 is 0. The second-order valence-corrected chi connectivity index (χ2v) is 10.4. The second-order valence-electron chi connectivity index (χ2n) is 10.4. The number of aromatic nitrogens is 1. The van der Waals surface area contributed by atoms with Crippen molar-refractivity contribution in [2.75, 3.05) is 18.0 Å². The van der Waals surface area contributed by atoms with Gasteiger partial charge in [-0.1, -0.05) is 13.8 Å². The molecule has 0 aliphatic carbocycles. The van der Waals surface area contributed by atoms with Gasteiger partial charge in [0.1, 0.15) is 5.82 Å². The lowest BCUT2D eigenvalue weighted by atomic mass is 9.82. The summed E-state index contributed by atoms with van der Waals surface area (Å²) in [5.41, 5.74) is 0.159. The number of halogens is 3. The molecule has 3 rings (SSSR count). The lowest BCUT2D eigenvalue weighted by molar-refractivity contribution is -0.160. The first-order chi connectivity index (χ1) is 15.2. The maximum absolute atomic E-state index is 14.9. The molecule has 0 unspecified atom stereocenters. The first-order valence-electron chi connectivity index (χ1n) is 11.0. The molecule has 1 saturated heterocycles. The van der Waals surface area contributed by atoms with E-state index in [2.05, 4.69) is 18.8 Å². The zero-order valence-corrected chi connectivity index (χ0v) is 19.9. The molecule has 2 aromatic rings. The van der Waals surface area contributed by atoms with E-state index >= 15 is 0 Å². The Morgan fingerprint density at radius 2 is 1.76 bits per heavy atom. The molecular weight excluding hydrogens is 433 g/mol. The number of carbonyl (C=O) groups is 1. The Bertz CT molecular complexity index is 1050. The molecule has 5 nitrogen and oxygen atoms in total. The number of carboxylic acids is 1. The van der Waals surface area contributed by atoms with Gasteiger partial charge in [-0.15, -0.1) is 0 Å². The highest BCUT2D eigenvalue weighted by molar-refractivity contribution is 5.86. The standard InChI is InChI=1S/C25H31F3N2O3/c1-14-19(22(23(31)32)33-24(2,3)4)21(30-9-7-25(5,6)8-10-30)17(13-29-14)16-11-15(26)12-18(27)20(16)28/h11-13,22H,7-10H2,1-6H3,(H,31,32)/t22-/m0/s1. The molecule has 1 N–H and O–H groups in total. The first kappa shape index (κ1) is 25.0. The molecule has 8 heteroatoms. The summed E-state index contributed by atoms with van der Waals surface area (Å²) in [6, 6.07) is 1.39. The molecule has 180 valence electrons. The van der Waals surface area contributed by atoms with Gasteiger partial charge in [-0.2, -0.15) is 0 Å². The highest BCUT2D eigenvalue weighted by Crippen LogP contribution is 2.44. The van der Waals surface area contributed by atoms with Crippen LogP contribution in [-0.2, 0) is 9.53 Å². The van der Waals surface area contributed by atoms with Crippen molar-refractivity contribution in [1.82, 2.24) is 4.98 Å². The zero-order valence-electron chi connectivity index (χ0n) is 19.9. The SMILES string of the molecule is Cc1ncc(-c2cc(F)cc(F)c2F)c(N2CCC(C)(C)CC2)c1[C@H](OC(C)(C)C)C(=O)O. The third-order valence-corrected chi connectivity index (χ3v) is 5.96. The van der Waals surface area contributed by atoms with Crippen LogP contribution in [0.15, 0.2) is 18.3 Å². The van der Waals surface area contributed by atoms with Gasteiger partial charge in [0.15, 0.2) is 17.7 Å². The molecule has 0 saturated carbocycles. The number of anilines is 1. The van der Waals surface area contributed by atoms with Crippen LogP contribution in [-0.4, -0.2) is 34.8 Å². The van der Waals surface area contributed by atoms with Crippen molar-refractivity contribution in [3.63, 3.8) is 0 Å². The van der Waals surface area contributed by atoms with Gasteiger partial charge in [-0.3, -0.25) is 4.98 Å². The van der Waals surface area contributed by atoms with Crippen LogP contribution >= 0.6 is 0 Å². The van der Waals surface area contributed by atoms with Gasteiger partial charge in [-0.25, -0.2) is 18.0 Å². The van der Waals surface area contributed by atoms with E-state index in [-0.39, 0.29) is 22.1 Å². The molecule has 33 heavy (non-hydrogen) atoms. The van der Waals surface area contributed by atoms with Gasteiger partial charge in [0.05, 0.1) is 11.3 Å². The average molecular weight is 465 g/mol. The molecule has 2 heterocycles. The van der Waals surface area contributed by atoms with Crippen LogP contribution in [0, 0.1) is 29.8 Å². The summed E-state index contributed by atoms with van der Waals surface area (Å²) in [4.78, 5) is 18.6. The third-order valence-electron chi connectivity index (χ3n) is 5.96. The lowest BCUT2D eigenvalue weighted by Gasteiger charge is -2.41. The van der Waals surface area contributed by atoms with E-state index in [9.17, 15) is 23.1 Å². The highest BCUT2D eigenvalue weighted by Gasteiger charge is 2.36. The van der Waals surface area contributed by atoms with E-state index < -0.39 is 35.1 Å². The minimum Gasteiger partial charge on any atom is -0.479 e. The van der Waals surface area contributed by atoms with Crippen molar-refractivity contribution < 1.29 is 27.8 Å². The van der Waals surface area contributed by atoms with Gasteiger partial charge in [0.2, 0.25) is 0 Å². The number of ether oxygens (including phenoxy) is 1. The Balaban J connectivity index is 2.31. The summed E-state index contributed by atoms with van der Waals surface area (Å²) in [5.74, 6) is -4.69. The third kappa shape index (κ3) is 5.49. The topological polar surface area (TPSA) is 62.7 Å². The number of hydrogen-bond donors (Lipinski definition) is 1. The van der Waals surface area contributed by atoms with Crippen LogP contribution < -0.4 is 4.90 Å². The summed E-state index contributed by atoms with van der Waals surface area (Å²) in [5, 5.41) is 10.1. The smallest absolute Gasteiger partial charge is 0.337 e. The molecule has 1 aromatic heterocycles. The van der Waals surface area contributed by atoms with Crippen LogP contribution in [0.4, 0.5) is 18.9 Å². The summed E-state index contributed by atoms with van der Waals surface area (Å²) in [6.45, 7) is 12.3. The van der Waals surface area contributed by atoms with Crippen LogP contribution in [0.5, 0.6) is 0 Å². The number of aliphatic carboxylic acids is 1. The molecule has 0 bridgehead atoms. The molecule has 1 atom stereocenters. The Hall–Kier alpha value is -2.61. The van der Waals surface area contributed by atoms with E-state index in [4.69, 9.17) is 4.74 Å². The number of pyridine rings is 1. The Morgan fingerprint density at radius 1 is 1.15 bits per heavy atom. The van der Waals surface area contributed by atoms with E-state index in [1.54, 1.807) is 27.7 Å². The van der Waals surface area contributed by atoms with E-state index in [1.165, 1.54) is 6.20 Å². The van der Waals surface area contributed by atoms with Crippen LogP contribution in [0.3, 0.4) is 0 Å². The van der Waals surface area contributed by atoms with Gasteiger partial charge >= 0.3 is 5.97 Å². The number of rotatable bonds is 5.